The zero-order chi connectivity index (χ0) is 7.94. The number of amides is 2. The maximum Gasteiger partial charge on any atom is 0.524 e. The summed E-state index contributed by atoms with van der Waals surface area (Å²) in [5, 5.41) is 0. The van der Waals surface area contributed by atoms with Crippen molar-refractivity contribution in [1.29, 1.82) is 0 Å². The zero-order valence-electron chi connectivity index (χ0n) is 6.25. The normalized spacial score (nSPS) is 30.5. The Morgan fingerprint density at radius 2 is 1.90 bits per heavy atom. The van der Waals surface area contributed by atoms with E-state index < -0.39 is 12.2 Å². The largest absolute Gasteiger partial charge is 0.524 e. The Bertz CT molecular complexity index is 197. The zero-order valence-corrected chi connectivity index (χ0v) is 6.25. The van der Waals surface area contributed by atoms with E-state index in [9.17, 15) is 9.59 Å². The maximum absolute atomic E-state index is 11.1. The summed E-state index contributed by atoms with van der Waals surface area (Å²) < 4.78 is 4.38. The molecule has 0 aliphatic carbocycles. The van der Waals surface area contributed by atoms with Gasteiger partial charge in [0, 0.05) is 0 Å². The predicted molar refractivity (Wildman–Crippen MR) is 33.1 cm³/mol. The summed E-state index contributed by atoms with van der Waals surface area (Å²) in [5.41, 5.74) is 0. The average Bonchev–Trinajstić information content (AvgIpc) is 1.97. The van der Waals surface area contributed by atoms with Gasteiger partial charge in [-0.1, -0.05) is 0 Å². The van der Waals surface area contributed by atoms with Crippen molar-refractivity contribution in [2.75, 3.05) is 14.1 Å². The highest BCUT2D eigenvalue weighted by Crippen LogP contribution is 2.16. The van der Waals surface area contributed by atoms with Crippen LogP contribution in [-0.2, 0) is 9.53 Å². The molecule has 1 rings (SSSR count). The number of hydrogen-bond acceptors (Lipinski definition) is 3. The quantitative estimate of drug-likeness (QED) is 0.454. The first-order valence-electron chi connectivity index (χ1n) is 3.06. The molecule has 10 heavy (non-hydrogen) atoms. The molecule has 0 aromatic rings. The van der Waals surface area contributed by atoms with Gasteiger partial charge in [-0.15, -0.1) is 0 Å². The number of hydrogen-bond donors (Lipinski definition) is 0. The van der Waals surface area contributed by atoms with E-state index in [1.807, 2.05) is 0 Å². The first-order chi connectivity index (χ1) is 4.46. The molecule has 1 saturated heterocycles. The van der Waals surface area contributed by atoms with Gasteiger partial charge >= 0.3 is 12.0 Å². The number of cyclic esters (lactones) is 1. The van der Waals surface area contributed by atoms with Crippen molar-refractivity contribution < 1.29 is 18.8 Å². The lowest BCUT2D eigenvalue weighted by molar-refractivity contribution is -0.726. The summed E-state index contributed by atoms with van der Waals surface area (Å²) in [6.45, 7) is 1.58. The van der Waals surface area contributed by atoms with E-state index in [1.54, 1.807) is 6.92 Å². The Balaban J connectivity index is 2.96. The highest BCUT2D eigenvalue weighted by atomic mass is 16.6. The van der Waals surface area contributed by atoms with Gasteiger partial charge in [-0.05, 0) is 6.92 Å². The Labute approximate surface area is 59.0 Å². The molecule has 56 valence electrons. The summed E-state index contributed by atoms with van der Waals surface area (Å²) in [5.74, 6) is -0.190. The SMILES string of the molecule is CC1OC(=O)[N+](C)(C)C1=O. The van der Waals surface area contributed by atoms with Crippen LogP contribution in [-0.4, -0.2) is 36.7 Å². The standard InChI is InChI=1S/C6H10NO3/c1-4-5(8)7(2,3)6(9)10-4/h4H,1-3H3/q+1. The van der Waals surface area contributed by atoms with Crippen LogP contribution in [0.3, 0.4) is 0 Å². The number of rotatable bonds is 0. The molecule has 0 aromatic carbocycles. The number of carbonyl (C=O) groups excluding carboxylic acids is 2. The predicted octanol–water partition coefficient (Wildman–Crippen LogP) is 0.128. The summed E-state index contributed by atoms with van der Waals surface area (Å²) in [6.07, 6.45) is -1.06. The Kier molecular flexibility index (Phi) is 1.29. The van der Waals surface area contributed by atoms with Gasteiger partial charge in [0.2, 0.25) is 6.10 Å². The lowest BCUT2D eigenvalue weighted by atomic mass is 10.3. The van der Waals surface area contributed by atoms with E-state index >= 15 is 0 Å². The van der Waals surface area contributed by atoms with Crippen molar-refractivity contribution in [1.82, 2.24) is 0 Å². The third kappa shape index (κ3) is 0.724. The molecule has 1 unspecified atom stereocenters. The van der Waals surface area contributed by atoms with Crippen molar-refractivity contribution in [2.45, 2.75) is 13.0 Å². The molecule has 2 amide bonds. The number of carbonyl (C=O) groups is 2. The van der Waals surface area contributed by atoms with Gasteiger partial charge in [-0.2, -0.15) is 9.28 Å². The summed E-state index contributed by atoms with van der Waals surface area (Å²) in [6, 6.07) is 0. The number of quaternary nitrogens is 1. The molecule has 4 heteroatoms. The molecule has 1 aliphatic rings. The molecule has 1 aliphatic heterocycles. The highest BCUT2D eigenvalue weighted by molar-refractivity contribution is 5.89. The second-order valence-corrected chi connectivity index (χ2v) is 2.82. The van der Waals surface area contributed by atoms with Crippen LogP contribution < -0.4 is 0 Å². The minimum Gasteiger partial charge on any atom is -0.402 e. The Morgan fingerprint density at radius 3 is 2.00 bits per heavy atom. The van der Waals surface area contributed by atoms with E-state index in [4.69, 9.17) is 0 Å². The maximum atomic E-state index is 11.1. The Hall–Kier alpha value is -0.900. The van der Waals surface area contributed by atoms with E-state index in [1.165, 1.54) is 14.1 Å². The molecule has 0 radical (unpaired) electrons. The van der Waals surface area contributed by atoms with Crippen molar-refractivity contribution in [3.63, 3.8) is 0 Å². The summed E-state index contributed by atoms with van der Waals surface area (Å²) in [7, 11) is 3.04. The number of likely N-dealkylation sites (N-methyl/N-ethyl adjacent to an activating group) is 1. The number of imide groups is 1. The van der Waals surface area contributed by atoms with Crippen LogP contribution in [0.4, 0.5) is 4.79 Å². The fourth-order valence-corrected chi connectivity index (χ4v) is 0.878. The second-order valence-electron chi connectivity index (χ2n) is 2.82. The third-order valence-electron chi connectivity index (χ3n) is 1.63. The number of nitrogens with zero attached hydrogens (tertiary/aromatic N) is 1. The van der Waals surface area contributed by atoms with Gasteiger partial charge in [0.25, 0.3) is 0 Å². The van der Waals surface area contributed by atoms with Gasteiger partial charge < -0.3 is 4.74 Å². The molecule has 1 atom stereocenters. The van der Waals surface area contributed by atoms with Gasteiger partial charge in [-0.25, -0.2) is 4.79 Å². The second kappa shape index (κ2) is 1.79. The molecule has 1 fully saturated rings. The number of ether oxygens (including phenoxy) is 1. The van der Waals surface area contributed by atoms with E-state index in [-0.39, 0.29) is 10.4 Å². The fraction of sp³-hybridized carbons (Fsp3) is 0.667. The van der Waals surface area contributed by atoms with Gasteiger partial charge in [0.05, 0.1) is 14.1 Å². The van der Waals surface area contributed by atoms with E-state index in [0.29, 0.717) is 0 Å². The van der Waals surface area contributed by atoms with Crippen molar-refractivity contribution in [3.8, 4) is 0 Å². The Morgan fingerprint density at radius 1 is 1.40 bits per heavy atom. The highest BCUT2D eigenvalue weighted by Gasteiger charge is 2.50. The monoisotopic (exact) mass is 144 g/mol. The molecule has 0 N–H and O–H groups in total. The molecule has 0 saturated carbocycles. The molecule has 0 aromatic heterocycles. The van der Waals surface area contributed by atoms with Crippen LogP contribution >= 0.6 is 0 Å². The van der Waals surface area contributed by atoms with Gasteiger partial charge in [-0.3, -0.25) is 0 Å². The van der Waals surface area contributed by atoms with Crippen LogP contribution in [0.15, 0.2) is 0 Å². The lowest BCUT2D eigenvalue weighted by Crippen LogP contribution is -2.45. The van der Waals surface area contributed by atoms with Crippen LogP contribution in [0.25, 0.3) is 0 Å². The van der Waals surface area contributed by atoms with E-state index in [2.05, 4.69) is 4.74 Å². The van der Waals surface area contributed by atoms with Crippen LogP contribution in [0.1, 0.15) is 6.92 Å². The third-order valence-corrected chi connectivity index (χ3v) is 1.63. The molecule has 0 bridgehead atoms. The molecule has 1 heterocycles. The topological polar surface area (TPSA) is 43.4 Å². The molecule has 4 nitrogen and oxygen atoms in total. The van der Waals surface area contributed by atoms with Crippen LogP contribution in [0.2, 0.25) is 0 Å². The lowest BCUT2D eigenvalue weighted by Gasteiger charge is -2.11. The smallest absolute Gasteiger partial charge is 0.402 e. The van der Waals surface area contributed by atoms with Crippen LogP contribution in [0, 0.1) is 0 Å². The first kappa shape index (κ1) is 7.21. The van der Waals surface area contributed by atoms with Crippen molar-refractivity contribution in [2.24, 2.45) is 0 Å². The fourth-order valence-electron chi connectivity index (χ4n) is 0.878. The van der Waals surface area contributed by atoms with Crippen molar-refractivity contribution >= 4 is 12.0 Å². The minimum atomic E-state index is -0.581. The first-order valence-corrected chi connectivity index (χ1v) is 3.06. The van der Waals surface area contributed by atoms with Gasteiger partial charge in [0.1, 0.15) is 0 Å². The summed E-state index contributed by atoms with van der Waals surface area (Å²) in [4.78, 5) is 21.9. The van der Waals surface area contributed by atoms with E-state index in [0.717, 1.165) is 0 Å². The molecule has 0 spiro atoms. The minimum absolute atomic E-state index is 0.190. The van der Waals surface area contributed by atoms with Gasteiger partial charge in [0.15, 0.2) is 0 Å². The van der Waals surface area contributed by atoms with Crippen LogP contribution in [0.5, 0.6) is 0 Å². The molecular weight excluding hydrogens is 134 g/mol. The average molecular weight is 144 g/mol. The molecular formula is C6H10NO3+. The van der Waals surface area contributed by atoms with Crippen molar-refractivity contribution in [3.05, 3.63) is 0 Å². The summed E-state index contributed by atoms with van der Waals surface area (Å²) >= 11 is 0.